The highest BCUT2D eigenvalue weighted by Gasteiger charge is 2.18. The summed E-state index contributed by atoms with van der Waals surface area (Å²) in [6, 6.07) is 1.20. The molecular formula is C14H15BrFN3O. The van der Waals surface area contributed by atoms with Crippen LogP contribution in [0.15, 0.2) is 22.9 Å². The third-order valence-corrected chi connectivity index (χ3v) is 3.96. The van der Waals surface area contributed by atoms with Gasteiger partial charge in [-0.2, -0.15) is 5.10 Å². The lowest BCUT2D eigenvalue weighted by atomic mass is 10.1. The Morgan fingerprint density at radius 3 is 2.75 bits per heavy atom. The molecule has 0 fully saturated rings. The van der Waals surface area contributed by atoms with Crippen molar-refractivity contribution in [3.63, 3.8) is 0 Å². The summed E-state index contributed by atoms with van der Waals surface area (Å²) < 4.78 is 15.8. The predicted octanol–water partition coefficient (Wildman–Crippen LogP) is 3.19. The van der Waals surface area contributed by atoms with Gasteiger partial charge in [0.15, 0.2) is 5.78 Å². The van der Waals surface area contributed by atoms with E-state index >= 15 is 0 Å². The normalized spacial score (nSPS) is 10.8. The number of nitrogens with zero attached hydrogens (tertiary/aromatic N) is 3. The van der Waals surface area contributed by atoms with E-state index in [9.17, 15) is 9.18 Å². The summed E-state index contributed by atoms with van der Waals surface area (Å²) in [7, 11) is 0. The van der Waals surface area contributed by atoms with Crippen LogP contribution in [0.2, 0.25) is 0 Å². The van der Waals surface area contributed by atoms with Gasteiger partial charge < -0.3 is 0 Å². The summed E-state index contributed by atoms with van der Waals surface area (Å²) in [6.45, 7) is 4.66. The molecule has 0 spiro atoms. The average molecular weight is 340 g/mol. The van der Waals surface area contributed by atoms with Crippen LogP contribution in [-0.4, -0.2) is 20.5 Å². The van der Waals surface area contributed by atoms with Crippen molar-refractivity contribution in [1.29, 1.82) is 0 Å². The molecule has 4 nitrogen and oxygen atoms in total. The van der Waals surface area contributed by atoms with Crippen LogP contribution in [0.1, 0.15) is 35.6 Å². The number of halogens is 2. The second kappa shape index (κ2) is 6.26. The molecule has 0 unspecified atom stereocenters. The van der Waals surface area contributed by atoms with Crippen LogP contribution in [-0.2, 0) is 19.4 Å². The molecule has 0 aliphatic carbocycles. The highest BCUT2D eigenvalue weighted by Crippen LogP contribution is 2.23. The van der Waals surface area contributed by atoms with Crippen molar-refractivity contribution in [1.82, 2.24) is 14.8 Å². The molecule has 0 saturated carbocycles. The zero-order chi connectivity index (χ0) is 14.7. The van der Waals surface area contributed by atoms with E-state index < -0.39 is 5.82 Å². The number of ketones is 1. The van der Waals surface area contributed by atoms with Gasteiger partial charge in [0.25, 0.3) is 0 Å². The Hall–Kier alpha value is -1.56. The Morgan fingerprint density at radius 1 is 1.40 bits per heavy atom. The predicted molar refractivity (Wildman–Crippen MR) is 77.2 cm³/mol. The molecule has 6 heteroatoms. The summed E-state index contributed by atoms with van der Waals surface area (Å²) >= 11 is 3.49. The average Bonchev–Trinajstić information content (AvgIpc) is 2.75. The first-order valence-electron chi connectivity index (χ1n) is 6.44. The monoisotopic (exact) mass is 339 g/mol. The second-order valence-electron chi connectivity index (χ2n) is 4.37. The molecule has 2 rings (SSSR count). The molecule has 0 aliphatic heterocycles. The molecule has 2 aromatic heterocycles. The fraction of sp³-hybridized carbons (Fsp3) is 0.357. The lowest BCUT2D eigenvalue weighted by molar-refractivity contribution is 0.0989. The third-order valence-electron chi connectivity index (χ3n) is 3.05. The SMILES string of the molecule is CCc1nn(CC)c(CC(=O)c2cncc(F)c2)c1Br. The molecule has 0 aromatic carbocycles. The first-order valence-corrected chi connectivity index (χ1v) is 7.23. The summed E-state index contributed by atoms with van der Waals surface area (Å²) in [4.78, 5) is 15.9. The van der Waals surface area contributed by atoms with Gasteiger partial charge in [0.05, 0.1) is 28.5 Å². The van der Waals surface area contributed by atoms with Crippen molar-refractivity contribution >= 4 is 21.7 Å². The van der Waals surface area contributed by atoms with Crippen molar-refractivity contribution in [2.24, 2.45) is 0 Å². The molecular weight excluding hydrogens is 325 g/mol. The van der Waals surface area contributed by atoms with Crippen molar-refractivity contribution in [2.45, 2.75) is 33.2 Å². The summed E-state index contributed by atoms with van der Waals surface area (Å²) in [6.07, 6.45) is 3.42. The largest absolute Gasteiger partial charge is 0.294 e. The maximum absolute atomic E-state index is 13.1. The second-order valence-corrected chi connectivity index (χ2v) is 5.16. The van der Waals surface area contributed by atoms with E-state index in [4.69, 9.17) is 0 Å². The van der Waals surface area contributed by atoms with Gasteiger partial charge in [-0.15, -0.1) is 0 Å². The van der Waals surface area contributed by atoms with Crippen LogP contribution in [0.25, 0.3) is 0 Å². The molecule has 0 bridgehead atoms. The molecule has 0 aliphatic rings. The van der Waals surface area contributed by atoms with E-state index in [0.29, 0.717) is 6.54 Å². The highest BCUT2D eigenvalue weighted by molar-refractivity contribution is 9.10. The quantitative estimate of drug-likeness (QED) is 0.786. The molecule has 0 saturated heterocycles. The number of carbonyl (C=O) groups is 1. The zero-order valence-electron chi connectivity index (χ0n) is 11.4. The van der Waals surface area contributed by atoms with E-state index in [1.807, 2.05) is 13.8 Å². The standard InChI is InChI=1S/C14H15BrFN3O/c1-3-11-14(15)12(19(4-2)18-11)6-13(20)9-5-10(16)8-17-7-9/h5,7-8H,3-4,6H2,1-2H3. The van der Waals surface area contributed by atoms with Crippen LogP contribution in [0.3, 0.4) is 0 Å². The number of Topliss-reactive ketones (excluding diaryl/α,β-unsaturated/α-hetero) is 1. The van der Waals surface area contributed by atoms with Gasteiger partial charge in [0.2, 0.25) is 0 Å². The molecule has 20 heavy (non-hydrogen) atoms. The first kappa shape index (κ1) is 14.8. The Kier molecular flexibility index (Phi) is 4.65. The molecule has 0 atom stereocenters. The van der Waals surface area contributed by atoms with Gasteiger partial charge in [-0.25, -0.2) is 4.39 Å². The Balaban J connectivity index is 2.30. The Bertz CT molecular complexity index is 639. The highest BCUT2D eigenvalue weighted by atomic mass is 79.9. The van der Waals surface area contributed by atoms with Crippen molar-refractivity contribution in [3.05, 3.63) is 45.7 Å². The fourth-order valence-electron chi connectivity index (χ4n) is 2.00. The molecule has 2 aromatic rings. The number of aromatic nitrogens is 3. The van der Waals surface area contributed by atoms with Gasteiger partial charge in [0.1, 0.15) is 5.82 Å². The minimum atomic E-state index is -0.506. The topological polar surface area (TPSA) is 47.8 Å². The van der Waals surface area contributed by atoms with E-state index in [1.54, 1.807) is 4.68 Å². The minimum absolute atomic E-state index is 0.171. The Morgan fingerprint density at radius 2 is 2.15 bits per heavy atom. The van der Waals surface area contributed by atoms with E-state index in [-0.39, 0.29) is 17.8 Å². The number of aryl methyl sites for hydroxylation is 2. The number of rotatable bonds is 5. The maximum atomic E-state index is 13.1. The van der Waals surface area contributed by atoms with E-state index in [1.165, 1.54) is 12.3 Å². The fourth-order valence-corrected chi connectivity index (χ4v) is 2.71. The molecule has 2 heterocycles. The van der Waals surface area contributed by atoms with E-state index in [2.05, 4.69) is 26.0 Å². The van der Waals surface area contributed by atoms with Crippen molar-refractivity contribution in [3.8, 4) is 0 Å². The molecule has 0 amide bonds. The van der Waals surface area contributed by atoms with Crippen molar-refractivity contribution < 1.29 is 9.18 Å². The molecule has 0 N–H and O–H groups in total. The van der Waals surface area contributed by atoms with E-state index in [0.717, 1.165) is 28.5 Å². The van der Waals surface area contributed by atoms with Crippen LogP contribution in [0, 0.1) is 5.82 Å². The van der Waals surface area contributed by atoms with Gasteiger partial charge in [0, 0.05) is 18.3 Å². The number of hydrogen-bond acceptors (Lipinski definition) is 3. The zero-order valence-corrected chi connectivity index (χ0v) is 12.9. The summed E-state index contributed by atoms with van der Waals surface area (Å²) in [5.41, 5.74) is 2.02. The first-order chi connectivity index (χ1) is 9.56. The van der Waals surface area contributed by atoms with Gasteiger partial charge in [-0.1, -0.05) is 6.92 Å². The van der Waals surface area contributed by atoms with Crippen LogP contribution >= 0.6 is 15.9 Å². The van der Waals surface area contributed by atoms with Crippen molar-refractivity contribution in [2.75, 3.05) is 0 Å². The number of carbonyl (C=O) groups excluding carboxylic acids is 1. The summed E-state index contributed by atoms with van der Waals surface area (Å²) in [5, 5.41) is 4.44. The number of hydrogen-bond donors (Lipinski definition) is 0. The summed E-state index contributed by atoms with van der Waals surface area (Å²) in [5.74, 6) is -0.678. The third kappa shape index (κ3) is 2.95. The van der Waals surface area contributed by atoms with Gasteiger partial charge >= 0.3 is 0 Å². The maximum Gasteiger partial charge on any atom is 0.170 e. The lowest BCUT2D eigenvalue weighted by Crippen LogP contribution is -2.10. The van der Waals surface area contributed by atoms with Crippen LogP contribution < -0.4 is 0 Å². The lowest BCUT2D eigenvalue weighted by Gasteiger charge is -2.05. The smallest absolute Gasteiger partial charge is 0.170 e. The van der Waals surface area contributed by atoms with Gasteiger partial charge in [-0.3, -0.25) is 14.5 Å². The minimum Gasteiger partial charge on any atom is -0.294 e. The molecule has 0 radical (unpaired) electrons. The number of pyridine rings is 1. The van der Waals surface area contributed by atoms with Crippen LogP contribution in [0.4, 0.5) is 4.39 Å². The van der Waals surface area contributed by atoms with Crippen LogP contribution in [0.5, 0.6) is 0 Å². The van der Waals surface area contributed by atoms with Gasteiger partial charge in [-0.05, 0) is 35.3 Å². The molecule has 106 valence electrons. The Labute approximate surface area is 125 Å².